The second-order valence-electron chi connectivity index (χ2n) is 17.7. The van der Waals surface area contributed by atoms with E-state index < -0.39 is 0 Å². The van der Waals surface area contributed by atoms with Gasteiger partial charge in [-0.05, 0) is 82.8 Å². The predicted molar refractivity (Wildman–Crippen MR) is 277 cm³/mol. The molecule has 0 aliphatic heterocycles. The highest BCUT2D eigenvalue weighted by Crippen LogP contribution is 2.45. The van der Waals surface area contributed by atoms with Gasteiger partial charge in [-0.2, -0.15) is 0 Å². The van der Waals surface area contributed by atoms with Crippen LogP contribution >= 0.6 is 0 Å². The first-order chi connectivity index (χ1) is 32.3. The van der Waals surface area contributed by atoms with E-state index in [1.165, 1.54) is 38.1 Å². The summed E-state index contributed by atoms with van der Waals surface area (Å²) in [5, 5.41) is 4.87. The number of hydrogen-bond donors (Lipinski definition) is 0. The molecule has 66 heavy (non-hydrogen) atoms. The van der Waals surface area contributed by atoms with Crippen LogP contribution in [0, 0.1) is 0 Å². The van der Waals surface area contributed by atoms with Crippen LogP contribution in [0.1, 0.15) is 32.2 Å². The molecule has 0 spiro atoms. The van der Waals surface area contributed by atoms with Gasteiger partial charge in [-0.1, -0.05) is 185 Å². The average Bonchev–Trinajstić information content (AvgIpc) is 3.87. The van der Waals surface area contributed by atoms with Crippen LogP contribution in [-0.2, 0) is 5.41 Å². The number of hydrogen-bond acceptors (Lipinski definition) is 3. The summed E-state index contributed by atoms with van der Waals surface area (Å²) in [7, 11) is 0. The minimum absolute atomic E-state index is 0.0573. The van der Waals surface area contributed by atoms with Gasteiger partial charge in [0, 0.05) is 49.5 Å². The van der Waals surface area contributed by atoms with Gasteiger partial charge in [0.25, 0.3) is 0 Å². The molecule has 8 aromatic carbocycles. The zero-order valence-corrected chi connectivity index (χ0v) is 37.2. The van der Waals surface area contributed by atoms with Crippen molar-refractivity contribution in [2.45, 2.75) is 26.2 Å². The number of nitrogens with zero attached hydrogens (tertiary/aromatic N) is 5. The number of aromatic nitrogens is 5. The third kappa shape index (κ3) is 7.21. The molecule has 0 N–H and O–H groups in total. The summed E-state index contributed by atoms with van der Waals surface area (Å²) < 4.78 is 4.90. The fourth-order valence-electron chi connectivity index (χ4n) is 9.34. The molecule has 0 fully saturated rings. The topological polar surface area (TPSA) is 48.5 Å². The molecule has 0 atom stereocenters. The van der Waals surface area contributed by atoms with Crippen molar-refractivity contribution in [3.05, 3.63) is 230 Å². The largest absolute Gasteiger partial charge is 0.309 e. The summed E-state index contributed by atoms with van der Waals surface area (Å²) in [6, 6.07) is 67.6. The Labute approximate surface area is 385 Å². The third-order valence-electron chi connectivity index (χ3n) is 12.5. The van der Waals surface area contributed by atoms with Crippen molar-refractivity contribution >= 4 is 49.7 Å². The Hall–Kier alpha value is -8.41. The predicted octanol–water partition coefficient (Wildman–Crippen LogP) is 15.8. The van der Waals surface area contributed by atoms with E-state index in [1.807, 2.05) is 54.6 Å². The van der Waals surface area contributed by atoms with Gasteiger partial charge in [0.15, 0.2) is 17.5 Å². The molecular weight excluding hydrogens is 803 g/mol. The van der Waals surface area contributed by atoms with Crippen LogP contribution in [0.3, 0.4) is 0 Å². The van der Waals surface area contributed by atoms with Crippen molar-refractivity contribution in [1.29, 1.82) is 0 Å². The SMILES string of the molecule is C=C/C=C\C=C\c1nc(-c2ccccc2)nc(-c2cc(-c3ccccc3)c(-n3c4ccc(-n5c6ccccc6c6ccccc65)cc4c4cc(C(C)(C)C)ccc43)c(-c3ccccc3)c2)n1. The van der Waals surface area contributed by atoms with Gasteiger partial charge < -0.3 is 9.13 Å². The maximum Gasteiger partial charge on any atom is 0.164 e. The van der Waals surface area contributed by atoms with Gasteiger partial charge >= 0.3 is 0 Å². The molecule has 316 valence electrons. The molecule has 0 unspecified atom stereocenters. The Morgan fingerprint density at radius 3 is 1.50 bits per heavy atom. The molecule has 11 rings (SSSR count). The number of rotatable bonds is 9. The summed E-state index contributed by atoms with van der Waals surface area (Å²) in [6.45, 7) is 10.7. The highest BCUT2D eigenvalue weighted by Gasteiger charge is 2.25. The van der Waals surface area contributed by atoms with Gasteiger partial charge in [-0.15, -0.1) is 0 Å². The lowest BCUT2D eigenvalue weighted by Crippen LogP contribution is -2.10. The Kier molecular flexibility index (Phi) is 10.2. The molecule has 0 radical (unpaired) electrons. The van der Waals surface area contributed by atoms with Gasteiger partial charge in [0.05, 0.1) is 27.8 Å². The van der Waals surface area contributed by atoms with E-state index in [2.05, 4.69) is 194 Å². The lowest BCUT2D eigenvalue weighted by molar-refractivity contribution is 0.591. The molecule has 3 aromatic heterocycles. The van der Waals surface area contributed by atoms with Gasteiger partial charge in [0.1, 0.15) is 0 Å². The Morgan fingerprint density at radius 2 is 0.924 bits per heavy atom. The maximum atomic E-state index is 5.19. The van der Waals surface area contributed by atoms with Gasteiger partial charge in [0.2, 0.25) is 0 Å². The van der Waals surface area contributed by atoms with Crippen LogP contribution in [0.2, 0.25) is 0 Å². The number of para-hydroxylation sites is 2. The van der Waals surface area contributed by atoms with E-state index >= 15 is 0 Å². The van der Waals surface area contributed by atoms with Crippen molar-refractivity contribution in [2.75, 3.05) is 0 Å². The van der Waals surface area contributed by atoms with Gasteiger partial charge in [-0.25, -0.2) is 15.0 Å². The second kappa shape index (κ2) is 16.6. The van der Waals surface area contributed by atoms with Crippen LogP contribution in [0.15, 0.2) is 219 Å². The van der Waals surface area contributed by atoms with Crippen molar-refractivity contribution in [1.82, 2.24) is 24.1 Å². The second-order valence-corrected chi connectivity index (χ2v) is 17.7. The molecule has 5 heteroatoms. The number of benzene rings is 8. The first-order valence-corrected chi connectivity index (χ1v) is 22.5. The van der Waals surface area contributed by atoms with Gasteiger partial charge in [-0.3, -0.25) is 0 Å². The quantitative estimate of drug-likeness (QED) is 0.136. The van der Waals surface area contributed by atoms with E-state index in [0.29, 0.717) is 17.5 Å². The highest BCUT2D eigenvalue weighted by molar-refractivity contribution is 6.13. The highest BCUT2D eigenvalue weighted by atomic mass is 15.0. The fourth-order valence-corrected chi connectivity index (χ4v) is 9.34. The Balaban J connectivity index is 1.23. The summed E-state index contributed by atoms with van der Waals surface area (Å²) >= 11 is 0. The average molecular weight is 850 g/mol. The molecule has 0 aliphatic carbocycles. The summed E-state index contributed by atoms with van der Waals surface area (Å²) in [4.78, 5) is 15.2. The zero-order valence-electron chi connectivity index (χ0n) is 37.2. The zero-order chi connectivity index (χ0) is 44.8. The van der Waals surface area contributed by atoms with Crippen molar-refractivity contribution < 1.29 is 0 Å². The van der Waals surface area contributed by atoms with Crippen molar-refractivity contribution in [2.24, 2.45) is 0 Å². The van der Waals surface area contributed by atoms with Crippen LogP contribution in [-0.4, -0.2) is 24.1 Å². The van der Waals surface area contributed by atoms with E-state index in [0.717, 1.165) is 55.8 Å². The monoisotopic (exact) mass is 849 g/mol. The summed E-state index contributed by atoms with van der Waals surface area (Å²) in [5.74, 6) is 1.76. The summed E-state index contributed by atoms with van der Waals surface area (Å²) in [6.07, 6.45) is 9.42. The molecule has 0 aliphatic rings. The minimum atomic E-state index is -0.0573. The van der Waals surface area contributed by atoms with Crippen molar-refractivity contribution in [3.8, 4) is 56.4 Å². The molecule has 3 heterocycles. The van der Waals surface area contributed by atoms with E-state index in [4.69, 9.17) is 15.0 Å². The van der Waals surface area contributed by atoms with Crippen LogP contribution in [0.25, 0.3) is 106 Å². The van der Waals surface area contributed by atoms with Crippen molar-refractivity contribution in [3.63, 3.8) is 0 Å². The standard InChI is InChI=1S/C61H47N5/c1-5-6-7-17-32-57-62-59(43-26-15-10-16-27-43)64-60(63-57)44-37-49(41-22-11-8-12-23-41)58(50(38-44)42-24-13-9-14-25-42)66-55-35-33-45(61(2,3)4)39-51(55)52-40-46(34-36-56(52)66)65-53-30-20-18-28-47(53)48-29-19-21-31-54(48)65/h5-40H,1H2,2-4H3/b7-6-,32-17+. The van der Waals surface area contributed by atoms with E-state index in [-0.39, 0.29) is 5.41 Å². The van der Waals surface area contributed by atoms with Crippen LogP contribution in [0.5, 0.6) is 0 Å². The van der Waals surface area contributed by atoms with Crippen LogP contribution < -0.4 is 0 Å². The molecule has 11 aromatic rings. The number of allylic oxidation sites excluding steroid dienone is 4. The van der Waals surface area contributed by atoms with E-state index in [9.17, 15) is 0 Å². The smallest absolute Gasteiger partial charge is 0.164 e. The third-order valence-corrected chi connectivity index (χ3v) is 12.5. The first kappa shape index (κ1) is 40.4. The molecule has 0 saturated carbocycles. The lowest BCUT2D eigenvalue weighted by atomic mass is 9.86. The fraction of sp³-hybridized carbons (Fsp3) is 0.0656. The van der Waals surface area contributed by atoms with E-state index in [1.54, 1.807) is 6.08 Å². The van der Waals surface area contributed by atoms with Crippen LogP contribution in [0.4, 0.5) is 0 Å². The number of fused-ring (bicyclic) bond motifs is 6. The Morgan fingerprint density at radius 1 is 0.424 bits per heavy atom. The first-order valence-electron chi connectivity index (χ1n) is 22.5. The molecular formula is C61H47N5. The Bertz CT molecular complexity index is 3570. The molecule has 0 saturated heterocycles. The molecule has 0 amide bonds. The molecule has 5 nitrogen and oxygen atoms in total. The summed E-state index contributed by atoms with van der Waals surface area (Å²) in [5.41, 5.74) is 14.1. The minimum Gasteiger partial charge on any atom is -0.309 e. The lowest BCUT2D eigenvalue weighted by Gasteiger charge is -2.22. The molecule has 0 bridgehead atoms. The normalized spacial score (nSPS) is 12.1. The maximum absolute atomic E-state index is 5.19.